The smallest absolute Gasteiger partial charge is 0.145 e. The van der Waals surface area contributed by atoms with Crippen LogP contribution in [0.4, 0.5) is 0 Å². The maximum atomic E-state index is 5.00. The zero-order valence-electron chi connectivity index (χ0n) is 2.53. The maximum Gasteiger partial charge on any atom is 0.145 e. The molecule has 0 spiro atoms. The van der Waals surface area contributed by atoms with E-state index in [9.17, 15) is 0 Å². The van der Waals surface area contributed by atoms with E-state index in [4.69, 9.17) is 4.12 Å². The van der Waals surface area contributed by atoms with Gasteiger partial charge in [0.25, 0.3) is 0 Å². The lowest BCUT2D eigenvalue weighted by Crippen LogP contribution is -2.17. The van der Waals surface area contributed by atoms with Crippen molar-refractivity contribution in [3.63, 3.8) is 0 Å². The SMILES string of the molecule is C1[SiH2]O[SiH2]1. The molecule has 3 heteroatoms. The Balaban J connectivity index is 2.00. The summed E-state index contributed by atoms with van der Waals surface area (Å²) in [6.45, 7) is 0. The van der Waals surface area contributed by atoms with Crippen molar-refractivity contribution in [2.75, 3.05) is 0 Å². The minimum atomic E-state index is 0.167. The molecule has 0 unspecified atom stereocenters. The van der Waals surface area contributed by atoms with Crippen molar-refractivity contribution in [1.82, 2.24) is 0 Å². The first-order valence-corrected chi connectivity index (χ1v) is 4.73. The van der Waals surface area contributed by atoms with Gasteiger partial charge in [0.2, 0.25) is 0 Å². The Bertz CT molecular complexity index is 14.0. The van der Waals surface area contributed by atoms with Gasteiger partial charge in [-0.05, 0) is 5.67 Å². The summed E-state index contributed by atoms with van der Waals surface area (Å²) in [4.78, 5) is 0. The first-order valence-electron chi connectivity index (χ1n) is 1.58. The number of hydrogen-bond donors (Lipinski definition) is 0. The quantitative estimate of drug-likeness (QED) is 0.331. The van der Waals surface area contributed by atoms with Gasteiger partial charge >= 0.3 is 0 Å². The fourth-order valence-corrected chi connectivity index (χ4v) is 1.30. The molecule has 0 saturated carbocycles. The normalized spacial score (nSPS) is 36.0. The molecular formula is CH6OSi2. The van der Waals surface area contributed by atoms with Crippen molar-refractivity contribution in [1.29, 1.82) is 0 Å². The molecule has 0 N–H and O–H groups in total. The van der Waals surface area contributed by atoms with Crippen LogP contribution in [-0.2, 0) is 4.12 Å². The van der Waals surface area contributed by atoms with E-state index in [1.165, 1.54) is 0 Å². The highest BCUT2D eigenvalue weighted by molar-refractivity contribution is 6.62. The maximum absolute atomic E-state index is 5.00. The van der Waals surface area contributed by atoms with Crippen LogP contribution in [0.5, 0.6) is 0 Å². The van der Waals surface area contributed by atoms with E-state index in [0.29, 0.717) is 0 Å². The fourth-order valence-electron chi connectivity index (χ4n) is 0.144. The van der Waals surface area contributed by atoms with E-state index in [-0.39, 0.29) is 19.5 Å². The highest BCUT2D eigenvalue weighted by atomic mass is 28.4. The lowest BCUT2D eigenvalue weighted by Gasteiger charge is -2.07. The number of hydrogen-bond acceptors (Lipinski definition) is 1. The van der Waals surface area contributed by atoms with Crippen molar-refractivity contribution in [2.24, 2.45) is 0 Å². The van der Waals surface area contributed by atoms with Crippen molar-refractivity contribution in [2.45, 2.75) is 5.67 Å². The van der Waals surface area contributed by atoms with Crippen molar-refractivity contribution in [3.8, 4) is 0 Å². The van der Waals surface area contributed by atoms with Crippen LogP contribution in [0.2, 0.25) is 5.67 Å². The molecule has 1 aliphatic rings. The summed E-state index contributed by atoms with van der Waals surface area (Å²) in [5.74, 6) is 0. The Hall–Kier alpha value is 0.394. The fraction of sp³-hybridized carbons (Fsp3) is 1.00. The predicted molar refractivity (Wildman–Crippen MR) is 23.0 cm³/mol. The van der Waals surface area contributed by atoms with Crippen LogP contribution >= 0.6 is 0 Å². The summed E-state index contributed by atoms with van der Waals surface area (Å²) in [5, 5.41) is 0. The second kappa shape index (κ2) is 1.01. The molecule has 0 amide bonds. The zero-order valence-corrected chi connectivity index (χ0v) is 5.36. The summed E-state index contributed by atoms with van der Waals surface area (Å²) < 4.78 is 5.00. The first-order chi connectivity index (χ1) is 2.00. The van der Waals surface area contributed by atoms with Gasteiger partial charge in [0.1, 0.15) is 19.5 Å². The zero-order chi connectivity index (χ0) is 2.83. The summed E-state index contributed by atoms with van der Waals surface area (Å²) >= 11 is 0. The summed E-state index contributed by atoms with van der Waals surface area (Å²) in [6, 6.07) is 0. The van der Waals surface area contributed by atoms with E-state index < -0.39 is 0 Å². The van der Waals surface area contributed by atoms with Gasteiger partial charge in [-0.25, -0.2) is 0 Å². The van der Waals surface area contributed by atoms with Crippen LogP contribution in [0.1, 0.15) is 0 Å². The van der Waals surface area contributed by atoms with E-state index in [1.807, 2.05) is 0 Å². The van der Waals surface area contributed by atoms with Gasteiger partial charge in [0, 0.05) is 0 Å². The molecule has 0 radical (unpaired) electrons. The topological polar surface area (TPSA) is 9.23 Å². The molecule has 1 rings (SSSR count). The molecule has 1 nitrogen and oxygen atoms in total. The highest BCUT2D eigenvalue weighted by Crippen LogP contribution is 1.87. The molecule has 0 aliphatic carbocycles. The minimum Gasteiger partial charge on any atom is -0.465 e. The Morgan fingerprint density at radius 1 is 1.50 bits per heavy atom. The molecule has 0 aromatic rings. The molecule has 0 aromatic carbocycles. The molecule has 0 atom stereocenters. The van der Waals surface area contributed by atoms with Crippen LogP contribution < -0.4 is 0 Å². The van der Waals surface area contributed by atoms with Gasteiger partial charge in [0.15, 0.2) is 0 Å². The lowest BCUT2D eigenvalue weighted by atomic mass is 11.9. The van der Waals surface area contributed by atoms with E-state index in [2.05, 4.69) is 0 Å². The third-order valence-corrected chi connectivity index (χ3v) is 5.20. The minimum absolute atomic E-state index is 0.167. The molecule has 1 fully saturated rings. The molecule has 0 aromatic heterocycles. The monoisotopic (exact) mass is 90.0 g/mol. The van der Waals surface area contributed by atoms with Gasteiger partial charge in [-0.3, -0.25) is 0 Å². The van der Waals surface area contributed by atoms with Crippen LogP contribution in [0.3, 0.4) is 0 Å². The van der Waals surface area contributed by atoms with Gasteiger partial charge in [-0.15, -0.1) is 0 Å². The first kappa shape index (κ1) is 2.62. The molecule has 1 heterocycles. The third-order valence-electron chi connectivity index (χ3n) is 0.577. The standard InChI is InChI=1S/CH6OSi2/c1-3-2-4-1/h1,3-4H2. The van der Waals surface area contributed by atoms with Crippen molar-refractivity contribution in [3.05, 3.63) is 0 Å². The molecule has 1 aliphatic heterocycles. The Morgan fingerprint density at radius 3 is 1.75 bits per heavy atom. The Morgan fingerprint density at radius 2 is 1.75 bits per heavy atom. The average molecular weight is 90.2 g/mol. The molecule has 4 heavy (non-hydrogen) atoms. The van der Waals surface area contributed by atoms with Crippen LogP contribution in [-0.4, -0.2) is 19.5 Å². The van der Waals surface area contributed by atoms with Crippen LogP contribution in [0, 0.1) is 0 Å². The van der Waals surface area contributed by atoms with Crippen LogP contribution in [0.25, 0.3) is 0 Å². The number of rotatable bonds is 0. The van der Waals surface area contributed by atoms with Crippen molar-refractivity contribution < 1.29 is 4.12 Å². The highest BCUT2D eigenvalue weighted by Gasteiger charge is 1.97. The molecular weight excluding hydrogens is 84.2 g/mol. The largest absolute Gasteiger partial charge is 0.465 e. The molecule has 0 bridgehead atoms. The molecule has 24 valence electrons. The van der Waals surface area contributed by atoms with Gasteiger partial charge < -0.3 is 4.12 Å². The third kappa shape index (κ3) is 0.241. The van der Waals surface area contributed by atoms with Gasteiger partial charge in [0.05, 0.1) is 0 Å². The second-order valence-electron chi connectivity index (χ2n) is 0.966. The summed E-state index contributed by atoms with van der Waals surface area (Å²) in [7, 11) is 0.333. The summed E-state index contributed by atoms with van der Waals surface area (Å²) in [5.41, 5.74) is 1.56. The molecule has 1 saturated heterocycles. The van der Waals surface area contributed by atoms with E-state index >= 15 is 0 Å². The Kier molecular flexibility index (Phi) is 0.660. The van der Waals surface area contributed by atoms with Crippen molar-refractivity contribution >= 4 is 19.5 Å². The second-order valence-corrected chi connectivity index (χ2v) is 6.24. The van der Waals surface area contributed by atoms with Gasteiger partial charge in [-0.1, -0.05) is 0 Å². The van der Waals surface area contributed by atoms with E-state index in [1.54, 1.807) is 5.67 Å². The average Bonchev–Trinajstić information content (AvgIpc) is 0.722. The predicted octanol–water partition coefficient (Wildman–Crippen LogP) is -1.44. The Labute approximate surface area is 30.2 Å². The van der Waals surface area contributed by atoms with E-state index in [0.717, 1.165) is 0 Å². The summed E-state index contributed by atoms with van der Waals surface area (Å²) in [6.07, 6.45) is 0. The van der Waals surface area contributed by atoms with Gasteiger partial charge in [-0.2, -0.15) is 0 Å². The van der Waals surface area contributed by atoms with Crippen LogP contribution in [0.15, 0.2) is 0 Å². The lowest BCUT2D eigenvalue weighted by molar-refractivity contribution is 0.608.